The van der Waals surface area contributed by atoms with Gasteiger partial charge in [-0.3, -0.25) is 4.79 Å². The van der Waals surface area contributed by atoms with E-state index in [0.717, 1.165) is 11.5 Å². The van der Waals surface area contributed by atoms with Gasteiger partial charge < -0.3 is 4.74 Å². The highest BCUT2D eigenvalue weighted by Gasteiger charge is 2.30. The molecule has 98 valence electrons. The largest absolute Gasteiger partial charge is 0.495 e. The monoisotopic (exact) mass is 302 g/mol. The number of rotatable bonds is 3. The fraction of sp³-hybridized carbons (Fsp3) is 0.462. The zero-order chi connectivity index (χ0) is 13.1. The van der Waals surface area contributed by atoms with Crippen molar-refractivity contribution in [3.63, 3.8) is 0 Å². The third kappa shape index (κ3) is 2.98. The van der Waals surface area contributed by atoms with E-state index in [2.05, 4.69) is 6.92 Å². The smallest absolute Gasteiger partial charge is 0.177 e. The first-order chi connectivity index (χ1) is 8.63. The predicted molar refractivity (Wildman–Crippen MR) is 80.5 cm³/mol. The summed E-state index contributed by atoms with van der Waals surface area (Å²) in [6, 6.07) is 5.23. The second-order valence-corrected chi connectivity index (χ2v) is 7.22. The summed E-state index contributed by atoms with van der Waals surface area (Å²) in [5.41, 5.74) is 0.683. The molecule has 2 rings (SSSR count). The maximum Gasteiger partial charge on any atom is 0.177 e. The lowest BCUT2D eigenvalue weighted by Crippen LogP contribution is -2.31. The van der Waals surface area contributed by atoms with Gasteiger partial charge in [-0.05, 0) is 18.2 Å². The summed E-state index contributed by atoms with van der Waals surface area (Å²) in [6.07, 6.45) is 0. The van der Waals surface area contributed by atoms with Crippen molar-refractivity contribution in [1.82, 2.24) is 0 Å². The van der Waals surface area contributed by atoms with Gasteiger partial charge in [-0.25, -0.2) is 0 Å². The highest BCUT2D eigenvalue weighted by atomic mass is 35.5. The molecule has 0 aliphatic carbocycles. The third-order valence-corrected chi connectivity index (χ3v) is 6.28. The molecular weight excluding hydrogens is 288 g/mol. The van der Waals surface area contributed by atoms with E-state index in [1.807, 2.05) is 11.8 Å². The van der Waals surface area contributed by atoms with E-state index in [1.54, 1.807) is 37.1 Å². The van der Waals surface area contributed by atoms with Gasteiger partial charge in [-0.15, -0.1) is 11.8 Å². The molecule has 0 bridgehead atoms. The van der Waals surface area contributed by atoms with Crippen LogP contribution in [0, 0.1) is 0 Å². The normalized spacial score (nSPS) is 23.7. The van der Waals surface area contributed by atoms with Crippen LogP contribution in [0.4, 0.5) is 0 Å². The number of carbonyl (C=O) groups is 1. The van der Waals surface area contributed by atoms with E-state index < -0.39 is 0 Å². The third-order valence-electron chi connectivity index (χ3n) is 2.88. The van der Waals surface area contributed by atoms with Crippen molar-refractivity contribution in [2.75, 3.05) is 18.6 Å². The zero-order valence-corrected chi connectivity index (χ0v) is 12.7. The molecule has 0 aromatic heterocycles. The number of halogens is 1. The van der Waals surface area contributed by atoms with Crippen LogP contribution < -0.4 is 4.74 Å². The minimum absolute atomic E-state index is 0.0367. The van der Waals surface area contributed by atoms with E-state index in [0.29, 0.717) is 21.6 Å². The molecule has 0 spiro atoms. The summed E-state index contributed by atoms with van der Waals surface area (Å²) >= 11 is 9.58. The molecule has 0 saturated carbocycles. The molecule has 18 heavy (non-hydrogen) atoms. The Labute approximate surface area is 121 Å². The Balaban J connectivity index is 2.22. The molecule has 2 unspecified atom stereocenters. The minimum Gasteiger partial charge on any atom is -0.495 e. The molecular formula is C13H15ClO2S2. The van der Waals surface area contributed by atoms with E-state index in [4.69, 9.17) is 16.3 Å². The molecule has 5 heteroatoms. The van der Waals surface area contributed by atoms with Crippen LogP contribution >= 0.6 is 35.1 Å². The lowest BCUT2D eigenvalue weighted by Gasteiger charge is -2.26. The molecule has 0 N–H and O–H groups in total. The molecule has 1 aliphatic rings. The number of thioether (sulfide) groups is 2. The second kappa shape index (κ2) is 6.22. The van der Waals surface area contributed by atoms with Crippen LogP contribution in [-0.2, 0) is 0 Å². The van der Waals surface area contributed by atoms with Gasteiger partial charge in [0.15, 0.2) is 5.78 Å². The fourth-order valence-electron chi connectivity index (χ4n) is 1.90. The van der Waals surface area contributed by atoms with Crippen LogP contribution in [0.1, 0.15) is 17.3 Å². The van der Waals surface area contributed by atoms with E-state index in [-0.39, 0.29) is 11.0 Å². The van der Waals surface area contributed by atoms with Gasteiger partial charge >= 0.3 is 0 Å². The highest BCUT2D eigenvalue weighted by molar-refractivity contribution is 8.07. The van der Waals surface area contributed by atoms with Gasteiger partial charge in [0.1, 0.15) is 5.75 Å². The minimum atomic E-state index is 0.0367. The number of benzene rings is 1. The number of methoxy groups -OCH3 is 1. The van der Waals surface area contributed by atoms with E-state index >= 15 is 0 Å². The molecule has 2 atom stereocenters. The quantitative estimate of drug-likeness (QED) is 0.794. The average Bonchev–Trinajstić information content (AvgIpc) is 2.39. The summed E-state index contributed by atoms with van der Waals surface area (Å²) in [4.78, 5) is 12.5. The molecule has 1 saturated heterocycles. The number of carbonyl (C=O) groups excluding carboxylic acids is 1. The van der Waals surface area contributed by atoms with Crippen molar-refractivity contribution in [1.29, 1.82) is 0 Å². The molecule has 0 radical (unpaired) electrons. The Kier molecular flexibility index (Phi) is 4.87. The van der Waals surface area contributed by atoms with Crippen molar-refractivity contribution < 1.29 is 9.53 Å². The van der Waals surface area contributed by atoms with Crippen molar-refractivity contribution >= 4 is 40.9 Å². The van der Waals surface area contributed by atoms with Crippen molar-refractivity contribution in [3.8, 4) is 5.75 Å². The van der Waals surface area contributed by atoms with Gasteiger partial charge in [-0.1, -0.05) is 18.5 Å². The number of ketones is 1. The van der Waals surface area contributed by atoms with Gasteiger partial charge in [0.25, 0.3) is 0 Å². The van der Waals surface area contributed by atoms with E-state index in [9.17, 15) is 4.79 Å². The zero-order valence-electron chi connectivity index (χ0n) is 10.3. The topological polar surface area (TPSA) is 26.3 Å². The molecule has 1 fully saturated rings. The SMILES string of the molecule is COc1cc(C(=O)C2SCCSC2C)ccc1Cl. The molecule has 1 aliphatic heterocycles. The number of hydrogen-bond donors (Lipinski definition) is 0. The van der Waals surface area contributed by atoms with Gasteiger partial charge in [0.2, 0.25) is 0 Å². The van der Waals surface area contributed by atoms with Crippen molar-refractivity contribution in [3.05, 3.63) is 28.8 Å². The van der Waals surface area contributed by atoms with Crippen LogP contribution in [0.25, 0.3) is 0 Å². The van der Waals surface area contributed by atoms with E-state index in [1.165, 1.54) is 0 Å². The van der Waals surface area contributed by atoms with Crippen LogP contribution in [0.3, 0.4) is 0 Å². The van der Waals surface area contributed by atoms with Crippen molar-refractivity contribution in [2.24, 2.45) is 0 Å². The molecule has 0 amide bonds. The highest BCUT2D eigenvalue weighted by Crippen LogP contribution is 2.34. The maximum atomic E-state index is 12.5. The maximum absolute atomic E-state index is 12.5. The Hall–Kier alpha value is -0.320. The first-order valence-corrected chi connectivity index (χ1v) is 8.22. The Bertz CT molecular complexity index is 451. The summed E-state index contributed by atoms with van der Waals surface area (Å²) in [5, 5.41) is 0.931. The summed E-state index contributed by atoms with van der Waals surface area (Å²) < 4.78 is 5.15. The second-order valence-electron chi connectivity index (χ2n) is 4.08. The van der Waals surface area contributed by atoms with Gasteiger partial charge in [-0.2, -0.15) is 11.8 Å². The van der Waals surface area contributed by atoms with Gasteiger partial charge in [0.05, 0.1) is 17.4 Å². The lowest BCUT2D eigenvalue weighted by atomic mass is 10.1. The lowest BCUT2D eigenvalue weighted by molar-refractivity contribution is 0.0989. The first kappa shape index (κ1) is 14.1. The summed E-state index contributed by atoms with van der Waals surface area (Å²) in [7, 11) is 1.56. The Morgan fingerprint density at radius 3 is 2.78 bits per heavy atom. The molecule has 2 nitrogen and oxygen atoms in total. The van der Waals surface area contributed by atoms with Gasteiger partial charge in [0, 0.05) is 22.3 Å². The molecule has 1 heterocycles. The van der Waals surface area contributed by atoms with Crippen LogP contribution in [0.15, 0.2) is 18.2 Å². The van der Waals surface area contributed by atoms with Crippen molar-refractivity contribution in [2.45, 2.75) is 17.4 Å². The average molecular weight is 303 g/mol. The number of Topliss-reactive ketones (excluding diaryl/α,β-unsaturated/α-hetero) is 1. The fourth-order valence-corrected chi connectivity index (χ4v) is 4.82. The van der Waals surface area contributed by atoms with Crippen LogP contribution in [0.2, 0.25) is 5.02 Å². The molecule has 1 aromatic rings. The Morgan fingerprint density at radius 1 is 1.39 bits per heavy atom. The van der Waals surface area contributed by atoms with Crippen LogP contribution in [-0.4, -0.2) is 34.9 Å². The summed E-state index contributed by atoms with van der Waals surface area (Å²) in [5.74, 6) is 2.90. The molecule has 1 aromatic carbocycles. The Morgan fingerprint density at radius 2 is 2.11 bits per heavy atom. The standard InChI is InChI=1S/C13H15ClO2S2/c1-8-13(18-6-5-17-8)12(15)9-3-4-10(14)11(7-9)16-2/h3-4,7-8,13H,5-6H2,1-2H3. The first-order valence-electron chi connectivity index (χ1n) is 5.74. The number of ether oxygens (including phenoxy) is 1. The van der Waals surface area contributed by atoms with Crippen LogP contribution in [0.5, 0.6) is 5.75 Å². The predicted octanol–water partition coefficient (Wildman–Crippen LogP) is 3.77. The number of hydrogen-bond acceptors (Lipinski definition) is 4. The summed E-state index contributed by atoms with van der Waals surface area (Å²) in [6.45, 7) is 2.12.